The number of ketones is 1. The van der Waals surface area contributed by atoms with Crippen LogP contribution in [-0.4, -0.2) is 27.8 Å². The molecule has 0 spiro atoms. The number of pyridine rings is 1. The fourth-order valence-electron chi connectivity index (χ4n) is 4.85. The topological polar surface area (TPSA) is 72.1 Å². The Balaban J connectivity index is 1.51. The SMILES string of the molecule is Cc1[nH]c2ccccc2c1C(=O)[C@@H](C)OC(=O)c1c2c(nc3ccccc13)CCCCC2. The number of benzene rings is 2. The number of Topliss-reactive ketones (excluding diaryl/α,β-unsaturated/α-hetero) is 1. The summed E-state index contributed by atoms with van der Waals surface area (Å²) in [5, 5.41) is 1.64. The van der Waals surface area contributed by atoms with Gasteiger partial charge in [-0.1, -0.05) is 42.8 Å². The number of ether oxygens (including phenoxy) is 1. The van der Waals surface area contributed by atoms with E-state index in [-0.39, 0.29) is 5.78 Å². The van der Waals surface area contributed by atoms with E-state index in [1.807, 2.05) is 55.5 Å². The molecule has 5 heteroatoms. The Morgan fingerprint density at radius 1 is 0.938 bits per heavy atom. The maximum Gasteiger partial charge on any atom is 0.339 e. The van der Waals surface area contributed by atoms with E-state index in [1.165, 1.54) is 0 Å². The predicted octanol–water partition coefficient (Wildman–Crippen LogP) is 5.72. The van der Waals surface area contributed by atoms with Gasteiger partial charge in [0.15, 0.2) is 6.10 Å². The van der Waals surface area contributed by atoms with Gasteiger partial charge in [-0.25, -0.2) is 4.79 Å². The summed E-state index contributed by atoms with van der Waals surface area (Å²) in [5.74, 6) is -0.641. The highest BCUT2D eigenvalue weighted by Crippen LogP contribution is 2.30. The van der Waals surface area contributed by atoms with Crippen molar-refractivity contribution in [2.45, 2.75) is 52.1 Å². The van der Waals surface area contributed by atoms with Crippen molar-refractivity contribution in [2.75, 3.05) is 0 Å². The summed E-state index contributed by atoms with van der Waals surface area (Å²) in [6.45, 7) is 3.53. The zero-order valence-corrected chi connectivity index (χ0v) is 18.4. The molecule has 2 heterocycles. The lowest BCUT2D eigenvalue weighted by Crippen LogP contribution is -2.26. The molecule has 1 aliphatic carbocycles. The molecule has 0 unspecified atom stereocenters. The molecule has 0 fully saturated rings. The minimum absolute atomic E-state index is 0.197. The Morgan fingerprint density at radius 2 is 1.66 bits per heavy atom. The Bertz CT molecular complexity index is 1350. The summed E-state index contributed by atoms with van der Waals surface area (Å²) < 4.78 is 5.81. The molecule has 4 aromatic rings. The quantitative estimate of drug-likeness (QED) is 0.257. The normalized spacial score (nSPS) is 14.7. The number of hydrogen-bond donors (Lipinski definition) is 1. The smallest absolute Gasteiger partial charge is 0.339 e. The number of para-hydroxylation sites is 2. The summed E-state index contributed by atoms with van der Waals surface area (Å²) in [4.78, 5) is 34.9. The fraction of sp³-hybridized carbons (Fsp3) is 0.296. The average molecular weight is 427 g/mol. The highest BCUT2D eigenvalue weighted by Gasteiger charge is 2.28. The van der Waals surface area contributed by atoms with Crippen LogP contribution in [0.15, 0.2) is 48.5 Å². The van der Waals surface area contributed by atoms with Crippen molar-refractivity contribution >= 4 is 33.6 Å². The number of carbonyl (C=O) groups is 2. The lowest BCUT2D eigenvalue weighted by Gasteiger charge is -2.17. The Labute approximate surface area is 186 Å². The molecule has 1 N–H and O–H groups in total. The lowest BCUT2D eigenvalue weighted by atomic mass is 9.97. The second-order valence-corrected chi connectivity index (χ2v) is 8.57. The van der Waals surface area contributed by atoms with E-state index in [0.717, 1.165) is 70.9 Å². The second kappa shape index (κ2) is 8.23. The van der Waals surface area contributed by atoms with Crippen molar-refractivity contribution in [3.05, 3.63) is 76.6 Å². The van der Waals surface area contributed by atoms with Gasteiger partial charge in [0.25, 0.3) is 0 Å². The van der Waals surface area contributed by atoms with E-state index in [2.05, 4.69) is 4.98 Å². The third-order valence-electron chi connectivity index (χ3n) is 6.42. The Hall–Kier alpha value is -3.47. The molecule has 1 aliphatic rings. The van der Waals surface area contributed by atoms with Crippen molar-refractivity contribution in [2.24, 2.45) is 0 Å². The van der Waals surface area contributed by atoms with Crippen LogP contribution in [-0.2, 0) is 17.6 Å². The lowest BCUT2D eigenvalue weighted by molar-refractivity contribution is 0.0320. The molecule has 0 saturated heterocycles. The Kier molecular flexibility index (Phi) is 5.25. The van der Waals surface area contributed by atoms with Gasteiger partial charge in [0.1, 0.15) is 0 Å². The number of nitrogens with one attached hydrogen (secondary N) is 1. The molecule has 5 rings (SSSR count). The molecule has 1 atom stereocenters. The predicted molar refractivity (Wildman–Crippen MR) is 125 cm³/mol. The van der Waals surface area contributed by atoms with Gasteiger partial charge in [-0.3, -0.25) is 9.78 Å². The van der Waals surface area contributed by atoms with Crippen LogP contribution in [0.25, 0.3) is 21.8 Å². The number of aromatic amines is 1. The van der Waals surface area contributed by atoms with Gasteiger partial charge < -0.3 is 9.72 Å². The molecule has 5 nitrogen and oxygen atoms in total. The van der Waals surface area contributed by atoms with Crippen molar-refractivity contribution < 1.29 is 14.3 Å². The average Bonchev–Trinajstić information content (AvgIpc) is 2.95. The summed E-state index contributed by atoms with van der Waals surface area (Å²) in [6.07, 6.45) is 3.99. The van der Waals surface area contributed by atoms with Crippen LogP contribution in [0.5, 0.6) is 0 Å². The number of carbonyl (C=O) groups excluding carboxylic acids is 2. The van der Waals surface area contributed by atoms with Crippen LogP contribution in [0.3, 0.4) is 0 Å². The minimum atomic E-state index is -0.895. The first-order chi connectivity index (χ1) is 15.5. The van der Waals surface area contributed by atoms with E-state index in [9.17, 15) is 9.59 Å². The van der Waals surface area contributed by atoms with Crippen LogP contribution in [0, 0.1) is 6.92 Å². The zero-order chi connectivity index (χ0) is 22.2. The fourth-order valence-corrected chi connectivity index (χ4v) is 4.85. The van der Waals surface area contributed by atoms with E-state index in [4.69, 9.17) is 9.72 Å². The van der Waals surface area contributed by atoms with Gasteiger partial charge in [0, 0.05) is 33.2 Å². The number of aryl methyl sites for hydroxylation is 2. The number of esters is 1. The van der Waals surface area contributed by atoms with Gasteiger partial charge in [-0.05, 0) is 57.2 Å². The van der Waals surface area contributed by atoms with Crippen LogP contribution < -0.4 is 0 Å². The van der Waals surface area contributed by atoms with Gasteiger partial charge in [0.05, 0.1) is 11.1 Å². The van der Waals surface area contributed by atoms with E-state index in [0.29, 0.717) is 11.1 Å². The van der Waals surface area contributed by atoms with Crippen molar-refractivity contribution in [1.82, 2.24) is 9.97 Å². The van der Waals surface area contributed by atoms with Gasteiger partial charge >= 0.3 is 5.97 Å². The van der Waals surface area contributed by atoms with Gasteiger partial charge in [0.2, 0.25) is 5.78 Å². The van der Waals surface area contributed by atoms with Crippen molar-refractivity contribution in [3.8, 4) is 0 Å². The van der Waals surface area contributed by atoms with Crippen LogP contribution >= 0.6 is 0 Å². The number of aromatic nitrogens is 2. The van der Waals surface area contributed by atoms with E-state index in [1.54, 1.807) is 6.92 Å². The third kappa shape index (κ3) is 3.48. The highest BCUT2D eigenvalue weighted by atomic mass is 16.5. The van der Waals surface area contributed by atoms with Crippen LogP contribution in [0.4, 0.5) is 0 Å². The molecule has 0 saturated carbocycles. The summed E-state index contributed by atoms with van der Waals surface area (Å²) in [6, 6.07) is 15.4. The van der Waals surface area contributed by atoms with Gasteiger partial charge in [-0.2, -0.15) is 0 Å². The first-order valence-electron chi connectivity index (χ1n) is 11.3. The first-order valence-corrected chi connectivity index (χ1v) is 11.3. The molecule has 0 radical (unpaired) electrons. The number of H-pyrrole nitrogens is 1. The summed E-state index contributed by atoms with van der Waals surface area (Å²) in [7, 11) is 0. The van der Waals surface area contributed by atoms with Crippen molar-refractivity contribution in [3.63, 3.8) is 0 Å². The molecule has 2 aromatic heterocycles. The molecular formula is C27H26N2O3. The molecule has 32 heavy (non-hydrogen) atoms. The summed E-state index contributed by atoms with van der Waals surface area (Å²) >= 11 is 0. The first kappa shape index (κ1) is 20.4. The highest BCUT2D eigenvalue weighted by molar-refractivity contribution is 6.12. The van der Waals surface area contributed by atoms with E-state index < -0.39 is 12.1 Å². The van der Waals surface area contributed by atoms with Crippen LogP contribution in [0.2, 0.25) is 0 Å². The van der Waals surface area contributed by atoms with Crippen molar-refractivity contribution in [1.29, 1.82) is 0 Å². The van der Waals surface area contributed by atoms with Gasteiger partial charge in [-0.15, -0.1) is 0 Å². The minimum Gasteiger partial charge on any atom is -0.451 e. The number of nitrogens with zero attached hydrogens (tertiary/aromatic N) is 1. The van der Waals surface area contributed by atoms with Crippen LogP contribution in [0.1, 0.15) is 63.9 Å². The maximum absolute atomic E-state index is 13.5. The number of rotatable bonds is 4. The largest absolute Gasteiger partial charge is 0.451 e. The Morgan fingerprint density at radius 3 is 2.50 bits per heavy atom. The third-order valence-corrected chi connectivity index (χ3v) is 6.42. The van der Waals surface area contributed by atoms with E-state index >= 15 is 0 Å². The number of hydrogen-bond acceptors (Lipinski definition) is 4. The molecular weight excluding hydrogens is 400 g/mol. The zero-order valence-electron chi connectivity index (χ0n) is 18.4. The molecule has 162 valence electrons. The molecule has 2 aromatic carbocycles. The maximum atomic E-state index is 13.5. The number of fused-ring (bicyclic) bond motifs is 3. The second-order valence-electron chi connectivity index (χ2n) is 8.57. The molecule has 0 aliphatic heterocycles. The monoisotopic (exact) mass is 426 g/mol. The molecule has 0 amide bonds. The molecule has 0 bridgehead atoms. The standard InChI is InChI=1S/C27H26N2O3/c1-16-24(18-11-6-8-14-21(18)28-16)26(30)17(2)32-27(31)25-19-10-4-3-5-13-22(19)29-23-15-9-7-12-20(23)25/h6-9,11-12,14-15,17,28H,3-5,10,13H2,1-2H3/t17-/m1/s1. The summed E-state index contributed by atoms with van der Waals surface area (Å²) in [5.41, 5.74) is 5.60.